The fourth-order valence-electron chi connectivity index (χ4n) is 3.35. The minimum absolute atomic E-state index is 0.0374. The summed E-state index contributed by atoms with van der Waals surface area (Å²) in [6.45, 7) is 0. The second-order valence-corrected chi connectivity index (χ2v) is 8.31. The van der Waals surface area contributed by atoms with E-state index in [1.807, 2.05) is 6.07 Å². The number of benzene rings is 3. The number of nitrogens with zero attached hydrogens (tertiary/aromatic N) is 1. The lowest BCUT2D eigenvalue weighted by Crippen LogP contribution is -2.16. The van der Waals surface area contributed by atoms with Crippen LogP contribution in [0.4, 0.5) is 15.8 Å². The fraction of sp³-hybridized carbons (Fsp3) is 0.115. The van der Waals surface area contributed by atoms with Crippen molar-refractivity contribution in [3.8, 4) is 22.1 Å². The molecule has 0 fully saturated rings. The van der Waals surface area contributed by atoms with Gasteiger partial charge in [-0.25, -0.2) is 9.37 Å². The smallest absolute Gasteiger partial charge is 0.255 e. The average molecular weight is 492 g/mol. The van der Waals surface area contributed by atoms with Gasteiger partial charge in [0, 0.05) is 28.6 Å². The van der Waals surface area contributed by atoms with E-state index in [-0.39, 0.29) is 24.1 Å². The number of methoxy groups -OCH3 is 2. The summed E-state index contributed by atoms with van der Waals surface area (Å²) in [5, 5.41) is 8.11. The molecule has 4 rings (SSSR count). The lowest BCUT2D eigenvalue weighted by atomic mass is 10.2. The second-order valence-electron chi connectivity index (χ2n) is 7.45. The van der Waals surface area contributed by atoms with Crippen molar-refractivity contribution in [1.82, 2.24) is 4.98 Å². The summed E-state index contributed by atoms with van der Waals surface area (Å²) in [4.78, 5) is 29.8. The van der Waals surface area contributed by atoms with Crippen LogP contribution in [0.25, 0.3) is 10.6 Å². The average Bonchev–Trinajstić information content (AvgIpc) is 3.33. The standard InChI is InChI=1S/C26H22FN3O4S/c1-33-22-14-21(30-25(32)16-6-4-3-5-7-16)23(34-2)13-20(22)29-24(31)12-19-15-35-26(28-19)17-8-10-18(27)11-9-17/h3-11,13-15H,12H2,1-2H3,(H,29,31)(H,30,32). The molecule has 0 unspecified atom stereocenters. The fourth-order valence-corrected chi connectivity index (χ4v) is 4.18. The molecule has 4 aromatic rings. The Kier molecular flexibility index (Phi) is 7.37. The first kappa shape index (κ1) is 23.9. The van der Waals surface area contributed by atoms with E-state index in [1.54, 1.807) is 53.9 Å². The highest BCUT2D eigenvalue weighted by molar-refractivity contribution is 7.13. The van der Waals surface area contributed by atoms with Gasteiger partial charge in [-0.2, -0.15) is 0 Å². The largest absolute Gasteiger partial charge is 0.494 e. The van der Waals surface area contributed by atoms with Gasteiger partial charge in [-0.05, 0) is 36.4 Å². The molecule has 0 saturated carbocycles. The molecule has 35 heavy (non-hydrogen) atoms. The van der Waals surface area contributed by atoms with Crippen LogP contribution in [-0.2, 0) is 11.2 Å². The van der Waals surface area contributed by atoms with Gasteiger partial charge in [-0.1, -0.05) is 18.2 Å². The van der Waals surface area contributed by atoms with Crippen molar-refractivity contribution in [3.63, 3.8) is 0 Å². The summed E-state index contributed by atoms with van der Waals surface area (Å²) in [5.41, 5.74) is 2.65. The van der Waals surface area contributed by atoms with Gasteiger partial charge in [0.05, 0.1) is 37.7 Å². The quantitative estimate of drug-likeness (QED) is 0.345. The third kappa shape index (κ3) is 5.82. The zero-order valence-corrected chi connectivity index (χ0v) is 19.8. The number of ether oxygens (including phenoxy) is 2. The Hall–Kier alpha value is -4.24. The zero-order chi connectivity index (χ0) is 24.8. The maximum absolute atomic E-state index is 13.2. The number of nitrogens with one attached hydrogen (secondary N) is 2. The number of aromatic nitrogens is 1. The van der Waals surface area contributed by atoms with Crippen molar-refractivity contribution < 1.29 is 23.5 Å². The molecule has 1 heterocycles. The van der Waals surface area contributed by atoms with E-state index in [0.717, 1.165) is 5.56 Å². The molecule has 0 spiro atoms. The van der Waals surface area contributed by atoms with E-state index in [9.17, 15) is 14.0 Å². The van der Waals surface area contributed by atoms with E-state index in [1.165, 1.54) is 37.7 Å². The maximum Gasteiger partial charge on any atom is 0.255 e. The zero-order valence-electron chi connectivity index (χ0n) is 19.0. The van der Waals surface area contributed by atoms with Gasteiger partial charge < -0.3 is 20.1 Å². The third-order valence-corrected chi connectivity index (χ3v) is 6.00. The van der Waals surface area contributed by atoms with E-state index in [4.69, 9.17) is 9.47 Å². The van der Waals surface area contributed by atoms with Crippen LogP contribution in [0, 0.1) is 5.82 Å². The predicted molar refractivity (Wildman–Crippen MR) is 134 cm³/mol. The Labute approximate surface area is 205 Å². The maximum atomic E-state index is 13.2. The molecule has 2 N–H and O–H groups in total. The number of carbonyl (C=O) groups is 2. The van der Waals surface area contributed by atoms with Gasteiger partial charge in [0.2, 0.25) is 5.91 Å². The van der Waals surface area contributed by atoms with E-state index < -0.39 is 0 Å². The van der Waals surface area contributed by atoms with Crippen molar-refractivity contribution in [3.05, 3.63) is 89.2 Å². The molecule has 178 valence electrons. The van der Waals surface area contributed by atoms with Crippen molar-refractivity contribution >= 4 is 34.5 Å². The predicted octanol–water partition coefficient (Wildman–Crippen LogP) is 5.40. The number of hydrogen-bond acceptors (Lipinski definition) is 6. The second kappa shape index (κ2) is 10.8. The Morgan fingerprint density at radius 2 is 1.54 bits per heavy atom. The molecule has 7 nitrogen and oxygen atoms in total. The monoisotopic (exact) mass is 491 g/mol. The number of rotatable bonds is 8. The molecule has 9 heteroatoms. The molecule has 1 aromatic heterocycles. The van der Waals surface area contributed by atoms with Gasteiger partial charge in [-0.15, -0.1) is 11.3 Å². The molecule has 2 amide bonds. The first-order valence-electron chi connectivity index (χ1n) is 10.6. The lowest BCUT2D eigenvalue weighted by Gasteiger charge is -2.16. The highest BCUT2D eigenvalue weighted by atomic mass is 32.1. The molecule has 0 atom stereocenters. The minimum atomic E-state index is -0.320. The van der Waals surface area contributed by atoms with Crippen LogP contribution in [0.3, 0.4) is 0 Å². The first-order chi connectivity index (χ1) is 17.0. The van der Waals surface area contributed by atoms with Crippen LogP contribution < -0.4 is 20.1 Å². The minimum Gasteiger partial charge on any atom is -0.494 e. The van der Waals surface area contributed by atoms with Crippen LogP contribution in [0.2, 0.25) is 0 Å². The molecule has 3 aromatic carbocycles. The van der Waals surface area contributed by atoms with Gasteiger partial charge in [0.15, 0.2) is 0 Å². The topological polar surface area (TPSA) is 89.5 Å². The summed E-state index contributed by atoms with van der Waals surface area (Å²) < 4.78 is 24.0. The molecule has 0 saturated heterocycles. The molecule has 0 radical (unpaired) electrons. The Bertz CT molecular complexity index is 1340. The normalized spacial score (nSPS) is 10.5. The SMILES string of the molecule is COc1cc(NC(=O)c2ccccc2)c(OC)cc1NC(=O)Cc1csc(-c2ccc(F)cc2)n1. The Balaban J connectivity index is 1.48. The number of halogens is 1. The van der Waals surface area contributed by atoms with E-state index >= 15 is 0 Å². The number of amides is 2. The number of carbonyl (C=O) groups excluding carboxylic acids is 2. The highest BCUT2D eigenvalue weighted by Crippen LogP contribution is 2.37. The summed E-state index contributed by atoms with van der Waals surface area (Å²) >= 11 is 1.38. The van der Waals surface area contributed by atoms with Crippen molar-refractivity contribution in [2.45, 2.75) is 6.42 Å². The molecule has 0 aliphatic heterocycles. The Morgan fingerprint density at radius 3 is 2.17 bits per heavy atom. The summed E-state index contributed by atoms with van der Waals surface area (Å²) in [7, 11) is 2.94. The number of hydrogen-bond donors (Lipinski definition) is 2. The van der Waals surface area contributed by atoms with Gasteiger partial charge >= 0.3 is 0 Å². The summed E-state index contributed by atoms with van der Waals surface area (Å²) in [5.74, 6) is -0.212. The van der Waals surface area contributed by atoms with Crippen molar-refractivity contribution in [1.29, 1.82) is 0 Å². The van der Waals surface area contributed by atoms with Crippen LogP contribution in [0.1, 0.15) is 16.1 Å². The summed E-state index contributed by atoms with van der Waals surface area (Å²) in [6, 6.07) is 18.0. The van der Waals surface area contributed by atoms with Crippen molar-refractivity contribution in [2.75, 3.05) is 24.9 Å². The highest BCUT2D eigenvalue weighted by Gasteiger charge is 2.17. The van der Waals surface area contributed by atoms with Crippen LogP contribution >= 0.6 is 11.3 Å². The van der Waals surface area contributed by atoms with Crippen LogP contribution in [-0.4, -0.2) is 31.0 Å². The van der Waals surface area contributed by atoms with Crippen molar-refractivity contribution in [2.24, 2.45) is 0 Å². The van der Waals surface area contributed by atoms with E-state index in [2.05, 4.69) is 15.6 Å². The summed E-state index contributed by atoms with van der Waals surface area (Å²) in [6.07, 6.45) is 0.0374. The van der Waals surface area contributed by atoms with Crippen LogP contribution in [0.15, 0.2) is 72.1 Å². The molecule has 0 aliphatic carbocycles. The van der Waals surface area contributed by atoms with Gasteiger partial charge in [0.1, 0.15) is 22.3 Å². The third-order valence-electron chi connectivity index (χ3n) is 5.06. The van der Waals surface area contributed by atoms with E-state index in [0.29, 0.717) is 39.1 Å². The van der Waals surface area contributed by atoms with Gasteiger partial charge in [0.25, 0.3) is 5.91 Å². The molecular formula is C26H22FN3O4S. The molecule has 0 bridgehead atoms. The Morgan fingerprint density at radius 1 is 0.914 bits per heavy atom. The van der Waals surface area contributed by atoms with Gasteiger partial charge in [-0.3, -0.25) is 9.59 Å². The van der Waals surface area contributed by atoms with Crippen LogP contribution in [0.5, 0.6) is 11.5 Å². The molecular weight excluding hydrogens is 469 g/mol. The number of anilines is 2. The lowest BCUT2D eigenvalue weighted by molar-refractivity contribution is -0.115. The number of thiazole rings is 1. The molecule has 0 aliphatic rings. The first-order valence-corrected chi connectivity index (χ1v) is 11.5.